The fourth-order valence-electron chi connectivity index (χ4n) is 2.22. The van der Waals surface area contributed by atoms with Gasteiger partial charge in [0.25, 0.3) is 0 Å². The smallest absolute Gasteiger partial charge is 0.303 e. The van der Waals surface area contributed by atoms with Crippen LogP contribution in [0.5, 0.6) is 0 Å². The van der Waals surface area contributed by atoms with E-state index >= 15 is 0 Å². The maximum Gasteiger partial charge on any atom is 0.416 e. The summed E-state index contributed by atoms with van der Waals surface area (Å²) in [7, 11) is 0. The van der Waals surface area contributed by atoms with Gasteiger partial charge in [0.2, 0.25) is 0 Å². The van der Waals surface area contributed by atoms with E-state index in [1.807, 2.05) is 0 Å². The molecule has 2 rings (SSSR count). The van der Waals surface area contributed by atoms with Gasteiger partial charge in [0, 0.05) is 10.4 Å². The van der Waals surface area contributed by atoms with Gasteiger partial charge in [0.15, 0.2) is 0 Å². The second-order valence-electron chi connectivity index (χ2n) is 4.62. The van der Waals surface area contributed by atoms with Crippen molar-refractivity contribution in [1.82, 2.24) is 0 Å². The van der Waals surface area contributed by atoms with Gasteiger partial charge in [0.1, 0.15) is 6.29 Å². The average Bonchev–Trinajstić information content (AvgIpc) is 2.45. The topological polar surface area (TPSA) is 17.1 Å². The molecule has 110 valence electrons. The summed E-state index contributed by atoms with van der Waals surface area (Å²) in [6.45, 7) is 0. The van der Waals surface area contributed by atoms with Crippen LogP contribution in [0.15, 0.2) is 53.0 Å². The highest BCUT2D eigenvalue weighted by atomic mass is 79.9. The number of halogens is 4. The van der Waals surface area contributed by atoms with Crippen LogP contribution >= 0.6 is 15.9 Å². The molecule has 1 unspecified atom stereocenters. The molecule has 1 nitrogen and oxygen atoms in total. The first-order valence-corrected chi connectivity index (χ1v) is 7.07. The molecule has 5 heteroatoms. The normalized spacial score (nSPS) is 13.0. The zero-order valence-corrected chi connectivity index (χ0v) is 12.5. The minimum absolute atomic E-state index is 0.0157. The number of aldehydes is 1. The molecule has 0 N–H and O–H groups in total. The molecule has 0 fully saturated rings. The second kappa shape index (κ2) is 6.43. The van der Waals surface area contributed by atoms with Gasteiger partial charge in [-0.2, -0.15) is 13.2 Å². The maximum atomic E-state index is 13.0. The van der Waals surface area contributed by atoms with E-state index in [9.17, 15) is 18.0 Å². The van der Waals surface area contributed by atoms with Crippen LogP contribution in [0.1, 0.15) is 22.6 Å². The Morgan fingerprint density at radius 2 is 1.67 bits per heavy atom. The van der Waals surface area contributed by atoms with Crippen LogP contribution in [-0.2, 0) is 17.4 Å². The summed E-state index contributed by atoms with van der Waals surface area (Å²) in [4.78, 5) is 11.3. The van der Waals surface area contributed by atoms with E-state index in [0.29, 0.717) is 16.3 Å². The summed E-state index contributed by atoms with van der Waals surface area (Å²) in [5, 5.41) is 0. The lowest BCUT2D eigenvalue weighted by molar-refractivity contribution is -0.138. The molecule has 0 spiro atoms. The molecule has 0 bridgehead atoms. The van der Waals surface area contributed by atoms with Gasteiger partial charge in [-0.1, -0.05) is 52.3 Å². The molecule has 0 saturated carbocycles. The first-order chi connectivity index (χ1) is 9.93. The van der Waals surface area contributed by atoms with Gasteiger partial charge in [-0.3, -0.25) is 0 Å². The third-order valence-corrected chi connectivity index (χ3v) is 3.95. The van der Waals surface area contributed by atoms with Crippen molar-refractivity contribution in [1.29, 1.82) is 0 Å². The monoisotopic (exact) mass is 356 g/mol. The molecule has 1 atom stereocenters. The predicted molar refractivity (Wildman–Crippen MR) is 78.1 cm³/mol. The van der Waals surface area contributed by atoms with Gasteiger partial charge >= 0.3 is 6.18 Å². The number of hydrogen-bond acceptors (Lipinski definition) is 1. The highest BCUT2D eigenvalue weighted by molar-refractivity contribution is 9.10. The van der Waals surface area contributed by atoms with E-state index in [4.69, 9.17) is 0 Å². The number of carbonyl (C=O) groups excluding carboxylic acids is 1. The van der Waals surface area contributed by atoms with Crippen LogP contribution in [0.3, 0.4) is 0 Å². The van der Waals surface area contributed by atoms with E-state index in [0.717, 1.165) is 6.07 Å². The van der Waals surface area contributed by atoms with Crippen molar-refractivity contribution in [3.05, 3.63) is 69.7 Å². The Kier molecular flexibility index (Phi) is 4.83. The third kappa shape index (κ3) is 3.73. The summed E-state index contributed by atoms with van der Waals surface area (Å²) in [6.07, 6.45) is -3.72. The lowest BCUT2D eigenvalue weighted by Crippen LogP contribution is -2.13. The van der Waals surface area contributed by atoms with Gasteiger partial charge in [0.05, 0.1) is 5.56 Å². The number of carbonyl (C=O) groups is 1. The Morgan fingerprint density at radius 3 is 2.29 bits per heavy atom. The van der Waals surface area contributed by atoms with E-state index in [1.54, 1.807) is 30.3 Å². The molecule has 0 heterocycles. The minimum Gasteiger partial charge on any atom is -0.303 e. The van der Waals surface area contributed by atoms with E-state index in [2.05, 4.69) is 15.9 Å². The zero-order valence-electron chi connectivity index (χ0n) is 10.9. The highest BCUT2D eigenvalue weighted by Gasteiger charge is 2.33. The van der Waals surface area contributed by atoms with Crippen molar-refractivity contribution in [2.75, 3.05) is 0 Å². The van der Waals surface area contributed by atoms with Crippen LogP contribution in [0, 0.1) is 0 Å². The van der Waals surface area contributed by atoms with Crippen molar-refractivity contribution >= 4 is 22.2 Å². The van der Waals surface area contributed by atoms with Crippen molar-refractivity contribution in [3.8, 4) is 0 Å². The van der Waals surface area contributed by atoms with Crippen molar-refractivity contribution in [2.45, 2.75) is 18.5 Å². The lowest BCUT2D eigenvalue weighted by Gasteiger charge is -2.17. The summed E-state index contributed by atoms with van der Waals surface area (Å²) >= 11 is 3.33. The van der Waals surface area contributed by atoms with Gasteiger partial charge in [-0.15, -0.1) is 0 Å². The molecular weight excluding hydrogens is 345 g/mol. The fraction of sp³-hybridized carbons (Fsp3) is 0.188. The molecule has 0 radical (unpaired) electrons. The van der Waals surface area contributed by atoms with Crippen LogP contribution < -0.4 is 0 Å². The van der Waals surface area contributed by atoms with Gasteiger partial charge in [-0.05, 0) is 29.7 Å². The molecule has 21 heavy (non-hydrogen) atoms. The van der Waals surface area contributed by atoms with E-state index < -0.39 is 17.7 Å². The maximum absolute atomic E-state index is 13.0. The Morgan fingerprint density at radius 1 is 1.05 bits per heavy atom. The van der Waals surface area contributed by atoms with Crippen LogP contribution in [0.2, 0.25) is 0 Å². The number of hydrogen-bond donors (Lipinski definition) is 0. The lowest BCUT2D eigenvalue weighted by atomic mass is 9.91. The Hall–Kier alpha value is -1.62. The molecular formula is C16H12BrF3O. The molecule has 0 aliphatic heterocycles. The van der Waals surface area contributed by atoms with Crippen molar-refractivity contribution in [3.63, 3.8) is 0 Å². The first kappa shape index (κ1) is 15.8. The SMILES string of the molecule is O=CC(Cc1ccccc1C(F)(F)F)c1ccccc1Br. The molecule has 0 aromatic heterocycles. The highest BCUT2D eigenvalue weighted by Crippen LogP contribution is 2.34. The van der Waals surface area contributed by atoms with Crippen molar-refractivity contribution in [2.24, 2.45) is 0 Å². The number of rotatable bonds is 4. The molecule has 0 amide bonds. The summed E-state index contributed by atoms with van der Waals surface area (Å²) in [5.41, 5.74) is 0.117. The molecule has 0 aliphatic rings. The van der Waals surface area contributed by atoms with E-state index in [1.165, 1.54) is 12.1 Å². The van der Waals surface area contributed by atoms with Gasteiger partial charge < -0.3 is 4.79 Å². The Bertz CT molecular complexity index is 637. The predicted octanol–water partition coefficient (Wildman–Crippen LogP) is 4.99. The average molecular weight is 357 g/mol. The third-order valence-electron chi connectivity index (χ3n) is 3.23. The number of benzene rings is 2. The van der Waals surface area contributed by atoms with Crippen molar-refractivity contribution < 1.29 is 18.0 Å². The summed E-state index contributed by atoms with van der Waals surface area (Å²) in [6, 6.07) is 12.4. The zero-order chi connectivity index (χ0) is 15.5. The molecule has 0 aliphatic carbocycles. The van der Waals surface area contributed by atoms with E-state index in [-0.39, 0.29) is 12.0 Å². The van der Waals surface area contributed by atoms with Crippen LogP contribution in [-0.4, -0.2) is 6.29 Å². The standard InChI is InChI=1S/C16H12BrF3O/c17-15-8-4-2-6-13(15)12(10-21)9-11-5-1-3-7-14(11)16(18,19)20/h1-8,10,12H,9H2. The first-order valence-electron chi connectivity index (χ1n) is 6.28. The quantitative estimate of drug-likeness (QED) is 0.705. The molecule has 0 saturated heterocycles. The molecule has 2 aromatic rings. The second-order valence-corrected chi connectivity index (χ2v) is 5.48. The number of alkyl halides is 3. The Balaban J connectivity index is 2.37. The fourth-order valence-corrected chi connectivity index (χ4v) is 2.80. The van der Waals surface area contributed by atoms with Crippen LogP contribution in [0.4, 0.5) is 13.2 Å². The Labute approximate surface area is 128 Å². The summed E-state index contributed by atoms with van der Waals surface area (Å²) in [5.74, 6) is -0.621. The minimum atomic E-state index is -4.42. The van der Waals surface area contributed by atoms with Crippen LogP contribution in [0.25, 0.3) is 0 Å². The molecule has 2 aromatic carbocycles. The largest absolute Gasteiger partial charge is 0.416 e. The van der Waals surface area contributed by atoms with Gasteiger partial charge in [-0.25, -0.2) is 0 Å². The summed E-state index contributed by atoms with van der Waals surface area (Å²) < 4.78 is 39.7.